The van der Waals surface area contributed by atoms with E-state index < -0.39 is 101 Å². The molecule has 0 saturated heterocycles. The fourth-order valence-corrected chi connectivity index (χ4v) is 9.49. The number of carbonyl (C=O) groups is 11. The molecule has 0 saturated carbocycles. The van der Waals surface area contributed by atoms with E-state index in [2.05, 4.69) is 41.2 Å². The van der Waals surface area contributed by atoms with Gasteiger partial charge in [-0.05, 0) is 114 Å². The Bertz CT molecular complexity index is 2870. The molecule has 0 aliphatic heterocycles. The summed E-state index contributed by atoms with van der Waals surface area (Å²) in [6.45, 7) is 3.98. The first-order chi connectivity index (χ1) is 42.8. The van der Waals surface area contributed by atoms with Crippen LogP contribution in [0.25, 0.3) is 11.2 Å². The van der Waals surface area contributed by atoms with E-state index in [9.17, 15) is 68.4 Å². The van der Waals surface area contributed by atoms with Crippen molar-refractivity contribution in [3.05, 3.63) is 41.7 Å². The van der Waals surface area contributed by atoms with Crippen LogP contribution in [0.15, 0.2) is 30.5 Å². The molecule has 0 aliphatic carbocycles. The number of nitrogens with one attached hydrogen (secondary N) is 4. The fourth-order valence-electron chi connectivity index (χ4n) is 9.49. The summed E-state index contributed by atoms with van der Waals surface area (Å²) in [5.41, 5.74) is 31.3. The lowest BCUT2D eigenvalue weighted by Crippen LogP contribution is -2.49. The average molecular weight is 1270 g/mol. The maximum absolute atomic E-state index is 14.1. The van der Waals surface area contributed by atoms with Crippen molar-refractivity contribution in [3.8, 4) is 0 Å². The minimum absolute atomic E-state index is 0.0154. The Morgan fingerprint density at radius 1 is 0.622 bits per heavy atom. The third kappa shape index (κ3) is 27.5. The van der Waals surface area contributed by atoms with Crippen molar-refractivity contribution in [1.82, 2.24) is 56.4 Å². The minimum Gasteiger partial charge on any atom is -0.444 e. The molecule has 0 spiro atoms. The Morgan fingerprint density at radius 3 is 1.76 bits per heavy atom. The zero-order valence-corrected chi connectivity index (χ0v) is 51.8. The number of anilines is 3. The van der Waals surface area contributed by atoms with Crippen molar-refractivity contribution in [1.29, 1.82) is 0 Å². The second-order valence-corrected chi connectivity index (χ2v) is 21.9. The number of nitrogens with zero attached hydrogens (tertiary/aromatic N) is 8. The molecular weight excluding hydrogens is 1170 g/mol. The number of unbranched alkanes of at least 4 members (excludes halogenated alkanes) is 2. The standard InChI is InChI=1S/C58H91N17O15/c1-36(77)73(87)28-10-14-40(31-48(81)46(17-12-30-75(89)38(3)79)68-57(86)44(61)15-11-29-74(88)37(2)78)47(80)18-9-27-64-55(84)41(13-5-7-25-59)32-49(82)45(16-6-8-26-60)67-50(83)23-24-51(90-35-76)69-56(85)39-19-21-43(22-20-39)72(4)34-42-33-65-54-52(66-42)53(62)70-58(63)71-54/h19-22,33,35,40-41,44-46,51,87-89H,5-18,23-32,34,59-61H2,1-4H3,(H,64,84)(H,67,83)(H,68,86)(H,69,85)(H4,62,63,65,70,71)/t40-,41-,44+,45+,46+,51+/m1/s1. The highest BCUT2D eigenvalue weighted by Gasteiger charge is 2.31. The van der Waals surface area contributed by atoms with Crippen molar-refractivity contribution < 1.29 is 73.1 Å². The SMILES string of the molecule is CC(=O)N(O)CCC[C@H](CC(=O)[C@H](CCCN(O)C(C)=O)NC(=O)[C@@H](N)CCCN(O)C(C)=O)C(=O)CCCNC(=O)[C@H](CCCCN)CC(=O)[C@H](CCCCN)NC(=O)CC[C@@H](NC(=O)c1ccc(N(C)Cc2cnc3nc(N)nc(N)c3n2)cc1)OC=O. The first-order valence-electron chi connectivity index (χ1n) is 30.1. The summed E-state index contributed by atoms with van der Waals surface area (Å²) >= 11 is 0. The first-order valence-corrected chi connectivity index (χ1v) is 30.1. The Hall–Kier alpha value is -8.43. The summed E-state index contributed by atoms with van der Waals surface area (Å²) in [6.07, 6.45) is 1.79. The van der Waals surface area contributed by atoms with E-state index in [0.29, 0.717) is 77.4 Å². The van der Waals surface area contributed by atoms with Crippen LogP contribution in [0.1, 0.15) is 152 Å². The monoisotopic (exact) mass is 1270 g/mol. The Labute approximate surface area is 522 Å². The number of hydrogen-bond acceptors (Lipinski definition) is 25. The molecule has 32 nitrogen and oxygen atoms in total. The lowest BCUT2D eigenvalue weighted by molar-refractivity contribution is -0.163. The van der Waals surface area contributed by atoms with E-state index in [4.69, 9.17) is 33.4 Å². The van der Waals surface area contributed by atoms with Gasteiger partial charge in [-0.15, -0.1) is 0 Å². The molecule has 2 heterocycles. The number of Topliss-reactive ketones (excluding diaryl/α,β-unsaturated/α-hetero) is 3. The highest BCUT2D eigenvalue weighted by Crippen LogP contribution is 2.23. The van der Waals surface area contributed by atoms with Gasteiger partial charge < -0.3 is 59.6 Å². The number of amides is 7. The molecule has 498 valence electrons. The number of nitrogen functional groups attached to an aromatic ring is 2. The van der Waals surface area contributed by atoms with Gasteiger partial charge in [0.2, 0.25) is 41.4 Å². The number of ether oxygens (including phenoxy) is 1. The number of carbonyl (C=O) groups excluding carboxylic acids is 11. The number of aromatic nitrogens is 4. The number of fused-ring (bicyclic) bond motifs is 1. The van der Waals surface area contributed by atoms with Crippen molar-refractivity contribution in [2.75, 3.05) is 62.7 Å². The van der Waals surface area contributed by atoms with Gasteiger partial charge in [0.15, 0.2) is 34.8 Å². The van der Waals surface area contributed by atoms with E-state index in [1.807, 2.05) is 4.90 Å². The molecule has 90 heavy (non-hydrogen) atoms. The molecule has 0 aliphatic rings. The van der Waals surface area contributed by atoms with Gasteiger partial charge in [0.1, 0.15) is 5.78 Å². The van der Waals surface area contributed by atoms with E-state index in [1.54, 1.807) is 31.3 Å². The van der Waals surface area contributed by atoms with E-state index in [0.717, 1.165) is 20.8 Å². The van der Waals surface area contributed by atoms with Gasteiger partial charge >= 0.3 is 0 Å². The third-order valence-electron chi connectivity index (χ3n) is 14.7. The molecule has 0 radical (unpaired) electrons. The molecular formula is C58H91N17O15. The molecule has 2 aromatic heterocycles. The highest BCUT2D eigenvalue weighted by atomic mass is 16.5. The van der Waals surface area contributed by atoms with E-state index in [-0.39, 0.29) is 139 Å². The van der Waals surface area contributed by atoms with Gasteiger partial charge in [-0.1, -0.05) is 6.42 Å². The quantitative estimate of drug-likeness (QED) is 0.0120. The number of hydrogen-bond donors (Lipinski definition) is 12. The molecule has 1 aromatic carbocycles. The van der Waals surface area contributed by atoms with Crippen LogP contribution < -0.4 is 54.8 Å². The van der Waals surface area contributed by atoms with Gasteiger partial charge in [-0.25, -0.2) is 25.2 Å². The highest BCUT2D eigenvalue weighted by molar-refractivity contribution is 5.96. The van der Waals surface area contributed by atoms with Gasteiger partial charge in [-0.2, -0.15) is 9.97 Å². The smallest absolute Gasteiger partial charge is 0.295 e. The molecule has 3 aromatic rings. The molecule has 0 unspecified atom stereocenters. The summed E-state index contributed by atoms with van der Waals surface area (Å²) in [5, 5.41) is 41.9. The number of nitrogens with two attached hydrogens (primary N) is 5. The largest absolute Gasteiger partial charge is 0.444 e. The zero-order chi connectivity index (χ0) is 66.9. The number of hydroxylamine groups is 6. The average Bonchev–Trinajstić information content (AvgIpc) is 1.09. The molecule has 6 atom stereocenters. The summed E-state index contributed by atoms with van der Waals surface area (Å²) in [5.74, 6) is -7.61. The predicted octanol–water partition coefficient (Wildman–Crippen LogP) is 0.455. The van der Waals surface area contributed by atoms with Crippen LogP contribution >= 0.6 is 0 Å². The second-order valence-electron chi connectivity index (χ2n) is 21.9. The predicted molar refractivity (Wildman–Crippen MR) is 326 cm³/mol. The number of benzene rings is 1. The fraction of sp³-hybridized carbons (Fsp3) is 0.603. The van der Waals surface area contributed by atoms with Crippen LogP contribution in [0.5, 0.6) is 0 Å². The summed E-state index contributed by atoms with van der Waals surface area (Å²) in [4.78, 5) is 161. The zero-order valence-electron chi connectivity index (χ0n) is 51.8. The van der Waals surface area contributed by atoms with Gasteiger partial charge in [-0.3, -0.25) is 68.4 Å². The Morgan fingerprint density at radius 2 is 1.17 bits per heavy atom. The third-order valence-corrected chi connectivity index (χ3v) is 14.7. The lowest BCUT2D eigenvalue weighted by Gasteiger charge is -2.24. The maximum atomic E-state index is 14.1. The minimum atomic E-state index is -1.24. The molecule has 17 N–H and O–H groups in total. The second kappa shape index (κ2) is 40.3. The lowest BCUT2D eigenvalue weighted by atomic mass is 9.87. The Kier molecular flexibility index (Phi) is 33.9. The maximum Gasteiger partial charge on any atom is 0.295 e. The molecule has 0 bridgehead atoms. The van der Waals surface area contributed by atoms with Crippen LogP contribution in [-0.4, -0.2) is 187 Å². The van der Waals surface area contributed by atoms with Crippen molar-refractivity contribution in [2.45, 2.75) is 167 Å². The molecule has 32 heteroatoms. The molecule has 0 fully saturated rings. The van der Waals surface area contributed by atoms with Crippen molar-refractivity contribution in [3.63, 3.8) is 0 Å². The number of rotatable bonds is 45. The summed E-state index contributed by atoms with van der Waals surface area (Å²) in [7, 11) is 1.80. The van der Waals surface area contributed by atoms with Crippen LogP contribution in [0.3, 0.4) is 0 Å². The summed E-state index contributed by atoms with van der Waals surface area (Å²) < 4.78 is 5.13. The first kappa shape index (κ1) is 75.8. The normalized spacial score (nSPS) is 13.1. The van der Waals surface area contributed by atoms with Crippen molar-refractivity contribution >= 4 is 93.8 Å². The van der Waals surface area contributed by atoms with Crippen molar-refractivity contribution in [2.24, 2.45) is 29.0 Å². The van der Waals surface area contributed by atoms with Gasteiger partial charge in [0.25, 0.3) is 12.4 Å². The van der Waals surface area contributed by atoms with Gasteiger partial charge in [0, 0.05) is 109 Å². The van der Waals surface area contributed by atoms with Crippen LogP contribution in [0.2, 0.25) is 0 Å². The number of ketones is 3. The van der Waals surface area contributed by atoms with E-state index >= 15 is 0 Å². The summed E-state index contributed by atoms with van der Waals surface area (Å²) in [6, 6.07) is 3.05. The Balaban J connectivity index is 1.67. The van der Waals surface area contributed by atoms with Crippen LogP contribution in [0.4, 0.5) is 17.5 Å². The van der Waals surface area contributed by atoms with Crippen LogP contribution in [0, 0.1) is 11.8 Å². The van der Waals surface area contributed by atoms with E-state index in [1.165, 1.54) is 6.20 Å². The molecule has 3 rings (SSSR count). The van der Waals surface area contributed by atoms with Gasteiger partial charge in [0.05, 0.1) is 36.6 Å². The molecule has 7 amide bonds. The topological polar surface area (TPSA) is 500 Å². The van der Waals surface area contributed by atoms with Crippen LogP contribution in [-0.2, 0) is 59.2 Å².